The molecular formula is C22H23NO2. The summed E-state index contributed by atoms with van der Waals surface area (Å²) in [6, 6.07) is 21.4. The van der Waals surface area contributed by atoms with E-state index in [4.69, 9.17) is 10.00 Å². The van der Waals surface area contributed by atoms with E-state index in [0.29, 0.717) is 24.5 Å². The van der Waals surface area contributed by atoms with E-state index in [1.807, 2.05) is 36.4 Å². The van der Waals surface area contributed by atoms with Gasteiger partial charge < -0.3 is 4.74 Å². The molecule has 1 unspecified atom stereocenters. The number of carbonyl (C=O) groups excluding carboxylic acids is 1. The molecule has 0 aliphatic carbocycles. The molecule has 0 spiro atoms. The van der Waals surface area contributed by atoms with Crippen molar-refractivity contribution < 1.29 is 9.53 Å². The summed E-state index contributed by atoms with van der Waals surface area (Å²) in [4.78, 5) is 11.9. The van der Waals surface area contributed by atoms with Gasteiger partial charge >= 0.3 is 5.97 Å². The molecule has 0 amide bonds. The van der Waals surface area contributed by atoms with Gasteiger partial charge in [0, 0.05) is 6.42 Å². The number of hydrogen-bond acceptors (Lipinski definition) is 3. The Labute approximate surface area is 149 Å². The maximum absolute atomic E-state index is 11.9. The molecule has 0 radical (unpaired) electrons. The normalized spacial score (nSPS) is 11.8. The summed E-state index contributed by atoms with van der Waals surface area (Å²) in [5.74, 6) is 0.00166. The van der Waals surface area contributed by atoms with Crippen LogP contribution in [0.25, 0.3) is 6.08 Å². The zero-order valence-electron chi connectivity index (χ0n) is 14.3. The van der Waals surface area contributed by atoms with Crippen molar-refractivity contribution in [3.63, 3.8) is 0 Å². The van der Waals surface area contributed by atoms with Crippen LogP contribution in [0.5, 0.6) is 0 Å². The molecule has 2 aromatic rings. The van der Waals surface area contributed by atoms with Crippen molar-refractivity contribution in [1.82, 2.24) is 0 Å². The van der Waals surface area contributed by atoms with Crippen molar-refractivity contribution in [2.75, 3.05) is 6.61 Å². The van der Waals surface area contributed by atoms with Gasteiger partial charge in [0.1, 0.15) is 0 Å². The van der Waals surface area contributed by atoms with Crippen molar-refractivity contribution in [1.29, 1.82) is 5.26 Å². The van der Waals surface area contributed by atoms with Crippen LogP contribution < -0.4 is 0 Å². The Kier molecular flexibility index (Phi) is 8.00. The summed E-state index contributed by atoms with van der Waals surface area (Å²) in [6.45, 7) is 0.387. The van der Waals surface area contributed by atoms with E-state index in [1.165, 1.54) is 0 Å². The fourth-order valence-corrected chi connectivity index (χ4v) is 2.59. The molecule has 0 aliphatic rings. The van der Waals surface area contributed by atoms with Crippen molar-refractivity contribution in [3.8, 4) is 6.07 Å². The Hall–Kier alpha value is -2.86. The van der Waals surface area contributed by atoms with Gasteiger partial charge in [0.05, 0.1) is 18.2 Å². The third kappa shape index (κ3) is 7.05. The number of ether oxygens (including phenoxy) is 1. The molecule has 0 saturated heterocycles. The van der Waals surface area contributed by atoms with E-state index in [2.05, 4.69) is 30.4 Å². The molecule has 0 fully saturated rings. The van der Waals surface area contributed by atoms with Gasteiger partial charge in [-0.2, -0.15) is 5.26 Å². The summed E-state index contributed by atoms with van der Waals surface area (Å²) in [6.07, 6.45) is 7.22. The summed E-state index contributed by atoms with van der Waals surface area (Å²) >= 11 is 0. The molecule has 25 heavy (non-hydrogen) atoms. The number of allylic oxidation sites excluding steroid dienone is 1. The average molecular weight is 333 g/mol. The number of nitrogens with zero attached hydrogens (tertiary/aromatic N) is 1. The Morgan fingerprint density at radius 1 is 1.08 bits per heavy atom. The maximum Gasteiger partial charge on any atom is 0.338 e. The second-order valence-electron chi connectivity index (χ2n) is 5.92. The first-order valence-electron chi connectivity index (χ1n) is 8.60. The second-order valence-corrected chi connectivity index (χ2v) is 5.92. The number of carbonyl (C=O) groups is 1. The van der Waals surface area contributed by atoms with E-state index in [9.17, 15) is 4.79 Å². The molecule has 2 aromatic carbocycles. The average Bonchev–Trinajstić information content (AvgIpc) is 2.66. The van der Waals surface area contributed by atoms with Crippen LogP contribution in [0.1, 0.15) is 41.6 Å². The van der Waals surface area contributed by atoms with Crippen LogP contribution in [0.2, 0.25) is 0 Å². The molecule has 1 atom stereocenters. The SMILES string of the molecule is N#CCC(C/C=C/c1ccccc1)CCCOC(=O)c1ccccc1. The van der Waals surface area contributed by atoms with Gasteiger partial charge in [-0.1, -0.05) is 60.7 Å². The molecule has 0 aromatic heterocycles. The quantitative estimate of drug-likeness (QED) is 0.465. The molecule has 0 N–H and O–H groups in total. The molecule has 0 saturated carbocycles. The lowest BCUT2D eigenvalue weighted by molar-refractivity contribution is 0.0493. The predicted octanol–water partition coefficient (Wildman–Crippen LogP) is 5.26. The summed E-state index contributed by atoms with van der Waals surface area (Å²) in [5, 5.41) is 8.99. The van der Waals surface area contributed by atoms with Crippen molar-refractivity contribution in [2.24, 2.45) is 5.92 Å². The highest BCUT2D eigenvalue weighted by molar-refractivity contribution is 5.89. The number of nitriles is 1. The zero-order valence-corrected chi connectivity index (χ0v) is 14.3. The topological polar surface area (TPSA) is 50.1 Å². The van der Waals surface area contributed by atoms with Crippen LogP contribution >= 0.6 is 0 Å². The fraction of sp³-hybridized carbons (Fsp3) is 0.273. The molecule has 0 bridgehead atoms. The third-order valence-electron chi connectivity index (χ3n) is 3.96. The number of esters is 1. The van der Waals surface area contributed by atoms with Crippen molar-refractivity contribution in [3.05, 3.63) is 77.9 Å². The molecule has 3 heteroatoms. The van der Waals surface area contributed by atoms with Gasteiger partial charge in [0.25, 0.3) is 0 Å². The Bertz CT molecular complexity index is 702. The highest BCUT2D eigenvalue weighted by Crippen LogP contribution is 2.17. The highest BCUT2D eigenvalue weighted by atomic mass is 16.5. The highest BCUT2D eigenvalue weighted by Gasteiger charge is 2.09. The van der Waals surface area contributed by atoms with E-state index < -0.39 is 0 Å². The zero-order chi connectivity index (χ0) is 17.7. The number of hydrogen-bond donors (Lipinski definition) is 0. The van der Waals surface area contributed by atoms with Gasteiger partial charge in [0.2, 0.25) is 0 Å². The lowest BCUT2D eigenvalue weighted by Gasteiger charge is -2.11. The van der Waals surface area contributed by atoms with E-state index in [0.717, 1.165) is 24.8 Å². The third-order valence-corrected chi connectivity index (χ3v) is 3.96. The predicted molar refractivity (Wildman–Crippen MR) is 99.8 cm³/mol. The largest absolute Gasteiger partial charge is 0.462 e. The van der Waals surface area contributed by atoms with Crippen molar-refractivity contribution >= 4 is 12.0 Å². The molecule has 3 nitrogen and oxygen atoms in total. The Morgan fingerprint density at radius 2 is 1.76 bits per heavy atom. The molecule has 0 heterocycles. The van der Waals surface area contributed by atoms with Gasteiger partial charge in [-0.05, 0) is 42.9 Å². The Morgan fingerprint density at radius 3 is 2.44 bits per heavy atom. The Balaban J connectivity index is 1.71. The first kappa shape index (κ1) is 18.5. The van der Waals surface area contributed by atoms with Crippen LogP contribution in [-0.2, 0) is 4.74 Å². The maximum atomic E-state index is 11.9. The van der Waals surface area contributed by atoms with Gasteiger partial charge in [0.15, 0.2) is 0 Å². The molecular weight excluding hydrogens is 310 g/mol. The number of benzene rings is 2. The van der Waals surface area contributed by atoms with Crippen molar-refractivity contribution in [2.45, 2.75) is 25.7 Å². The van der Waals surface area contributed by atoms with E-state index in [1.54, 1.807) is 12.1 Å². The minimum atomic E-state index is -0.290. The van der Waals surface area contributed by atoms with Crippen LogP contribution in [0.15, 0.2) is 66.7 Å². The van der Waals surface area contributed by atoms with Crippen LogP contribution in [0.4, 0.5) is 0 Å². The first-order chi connectivity index (χ1) is 12.3. The summed E-state index contributed by atoms with van der Waals surface area (Å²) < 4.78 is 5.29. The first-order valence-corrected chi connectivity index (χ1v) is 8.60. The standard InChI is InChI=1S/C22H23NO2/c23-17-16-20(12-7-11-19-9-3-1-4-10-19)13-8-18-25-22(24)21-14-5-2-6-15-21/h1-7,9-11,14-15,20H,8,12-13,16,18H2/b11-7+. The summed E-state index contributed by atoms with van der Waals surface area (Å²) in [7, 11) is 0. The summed E-state index contributed by atoms with van der Waals surface area (Å²) in [5.41, 5.74) is 1.73. The van der Waals surface area contributed by atoms with Gasteiger partial charge in [-0.15, -0.1) is 0 Å². The second kappa shape index (κ2) is 10.8. The van der Waals surface area contributed by atoms with Crippen LogP contribution in [-0.4, -0.2) is 12.6 Å². The van der Waals surface area contributed by atoms with E-state index >= 15 is 0 Å². The smallest absolute Gasteiger partial charge is 0.338 e. The molecule has 128 valence electrons. The number of rotatable bonds is 9. The van der Waals surface area contributed by atoms with Crippen LogP contribution in [0, 0.1) is 17.2 Å². The van der Waals surface area contributed by atoms with Gasteiger partial charge in [-0.25, -0.2) is 4.79 Å². The molecule has 2 rings (SSSR count). The minimum Gasteiger partial charge on any atom is -0.462 e. The minimum absolute atomic E-state index is 0.290. The molecule has 0 aliphatic heterocycles. The van der Waals surface area contributed by atoms with Crippen LogP contribution in [0.3, 0.4) is 0 Å². The lowest BCUT2D eigenvalue weighted by Crippen LogP contribution is -2.08. The lowest BCUT2D eigenvalue weighted by atomic mass is 9.96. The monoisotopic (exact) mass is 333 g/mol. The van der Waals surface area contributed by atoms with Gasteiger partial charge in [-0.3, -0.25) is 0 Å². The fourth-order valence-electron chi connectivity index (χ4n) is 2.59. The van der Waals surface area contributed by atoms with E-state index in [-0.39, 0.29) is 5.97 Å².